The Morgan fingerprint density at radius 3 is 2.70 bits per heavy atom. The Morgan fingerprint density at radius 1 is 1.12 bits per heavy atom. The molecule has 174 valence electrons. The van der Waals surface area contributed by atoms with Crippen molar-refractivity contribution in [1.82, 2.24) is 5.32 Å². The van der Waals surface area contributed by atoms with Crippen molar-refractivity contribution in [3.63, 3.8) is 0 Å². The maximum atomic E-state index is 13.0. The Hall–Kier alpha value is -3.63. The smallest absolute Gasteiger partial charge is 0.414 e. The van der Waals surface area contributed by atoms with Gasteiger partial charge >= 0.3 is 6.09 Å². The van der Waals surface area contributed by atoms with Gasteiger partial charge in [0, 0.05) is 20.1 Å². The molecule has 0 aliphatic carbocycles. The standard InChI is InChI=1S/C23H25N3O7/c1-15(27)24-12-17-13-25(23(29)32-17)16-7-8-19-21(11-16)33-20-6-4-3-5-18(20)26(19)22(28)14-31-10-9-30-2/h3-8,11,17H,9-10,12-14H2,1-2H3,(H,24,27)/t17-/m0/s1. The molecular formula is C23H25N3O7. The number of nitrogens with zero attached hydrogens (tertiary/aromatic N) is 2. The molecule has 1 atom stereocenters. The quantitative estimate of drug-likeness (QED) is 0.610. The number of carbonyl (C=O) groups excluding carboxylic acids is 3. The fraction of sp³-hybridized carbons (Fsp3) is 0.348. The van der Waals surface area contributed by atoms with Crippen LogP contribution in [0.5, 0.6) is 11.5 Å². The molecule has 0 aromatic heterocycles. The lowest BCUT2D eigenvalue weighted by atomic mass is 10.1. The van der Waals surface area contributed by atoms with Gasteiger partial charge in [-0.3, -0.25) is 19.4 Å². The molecule has 1 N–H and O–H groups in total. The van der Waals surface area contributed by atoms with Crippen LogP contribution in [0.2, 0.25) is 0 Å². The minimum Gasteiger partial charge on any atom is -0.453 e. The number of amides is 3. The van der Waals surface area contributed by atoms with Gasteiger partial charge in [0.25, 0.3) is 5.91 Å². The normalized spacial score (nSPS) is 16.5. The third kappa shape index (κ3) is 4.91. The van der Waals surface area contributed by atoms with Crippen LogP contribution in [0.15, 0.2) is 42.5 Å². The van der Waals surface area contributed by atoms with Gasteiger partial charge in [0.1, 0.15) is 12.7 Å². The van der Waals surface area contributed by atoms with Crippen LogP contribution in [-0.2, 0) is 23.8 Å². The van der Waals surface area contributed by atoms with Gasteiger partial charge in [0.05, 0.1) is 43.4 Å². The van der Waals surface area contributed by atoms with Crippen LogP contribution in [0, 0.1) is 0 Å². The average molecular weight is 455 g/mol. The summed E-state index contributed by atoms with van der Waals surface area (Å²) in [5, 5.41) is 2.65. The molecule has 0 radical (unpaired) electrons. The average Bonchev–Trinajstić information content (AvgIpc) is 3.18. The zero-order valence-corrected chi connectivity index (χ0v) is 18.4. The van der Waals surface area contributed by atoms with Crippen molar-refractivity contribution < 1.29 is 33.3 Å². The number of carbonyl (C=O) groups is 3. The van der Waals surface area contributed by atoms with E-state index in [9.17, 15) is 14.4 Å². The number of ether oxygens (including phenoxy) is 4. The van der Waals surface area contributed by atoms with Gasteiger partial charge in [-0.05, 0) is 24.3 Å². The van der Waals surface area contributed by atoms with Crippen LogP contribution >= 0.6 is 0 Å². The molecule has 0 spiro atoms. The molecule has 10 nitrogen and oxygen atoms in total. The first-order chi connectivity index (χ1) is 16.0. The first kappa shape index (κ1) is 22.6. The maximum absolute atomic E-state index is 13.0. The predicted molar refractivity (Wildman–Crippen MR) is 119 cm³/mol. The lowest BCUT2D eigenvalue weighted by Gasteiger charge is -2.31. The second-order valence-electron chi connectivity index (χ2n) is 7.55. The van der Waals surface area contributed by atoms with E-state index in [0.29, 0.717) is 41.8 Å². The zero-order valence-electron chi connectivity index (χ0n) is 18.4. The Morgan fingerprint density at radius 2 is 1.91 bits per heavy atom. The van der Waals surface area contributed by atoms with Crippen molar-refractivity contribution in [1.29, 1.82) is 0 Å². The minimum atomic E-state index is -0.513. The lowest BCUT2D eigenvalue weighted by molar-refractivity contribution is -0.123. The molecule has 1 fully saturated rings. The van der Waals surface area contributed by atoms with Crippen LogP contribution in [0.1, 0.15) is 6.92 Å². The van der Waals surface area contributed by atoms with E-state index in [-0.39, 0.29) is 31.5 Å². The summed E-state index contributed by atoms with van der Waals surface area (Å²) in [4.78, 5) is 39.6. The van der Waals surface area contributed by atoms with E-state index in [2.05, 4.69) is 5.32 Å². The molecule has 2 aromatic rings. The van der Waals surface area contributed by atoms with Gasteiger partial charge < -0.3 is 24.3 Å². The Bertz CT molecular complexity index is 1060. The Kier molecular flexibility index (Phi) is 6.76. The van der Waals surface area contributed by atoms with E-state index in [0.717, 1.165) is 0 Å². The van der Waals surface area contributed by atoms with Crippen molar-refractivity contribution >= 4 is 35.0 Å². The topological polar surface area (TPSA) is 107 Å². The van der Waals surface area contributed by atoms with Gasteiger partial charge in [-0.15, -0.1) is 0 Å². The predicted octanol–water partition coefficient (Wildman–Crippen LogP) is 2.58. The molecular weight excluding hydrogens is 430 g/mol. The third-order valence-corrected chi connectivity index (χ3v) is 5.18. The molecule has 33 heavy (non-hydrogen) atoms. The van der Waals surface area contributed by atoms with Crippen LogP contribution in [-0.4, -0.2) is 64.0 Å². The molecule has 2 aliphatic rings. The monoisotopic (exact) mass is 455 g/mol. The van der Waals surface area contributed by atoms with Crippen LogP contribution in [0.4, 0.5) is 21.9 Å². The summed E-state index contributed by atoms with van der Waals surface area (Å²) in [7, 11) is 1.56. The van der Waals surface area contributed by atoms with Gasteiger partial charge in [-0.2, -0.15) is 0 Å². The van der Waals surface area contributed by atoms with Crippen molar-refractivity contribution in [3.05, 3.63) is 42.5 Å². The fourth-order valence-electron chi connectivity index (χ4n) is 3.64. The van der Waals surface area contributed by atoms with Crippen LogP contribution in [0.3, 0.4) is 0 Å². The molecule has 0 bridgehead atoms. The summed E-state index contributed by atoms with van der Waals surface area (Å²) in [6, 6.07) is 12.3. The number of rotatable bonds is 8. The minimum absolute atomic E-state index is 0.123. The number of methoxy groups -OCH3 is 1. The maximum Gasteiger partial charge on any atom is 0.414 e. The summed E-state index contributed by atoms with van der Waals surface area (Å²) in [5.74, 6) is 0.489. The van der Waals surface area contributed by atoms with Crippen LogP contribution in [0.25, 0.3) is 0 Å². The molecule has 2 aromatic carbocycles. The van der Waals surface area contributed by atoms with E-state index < -0.39 is 12.2 Å². The number of hydrogen-bond donors (Lipinski definition) is 1. The van der Waals surface area contributed by atoms with E-state index in [1.165, 1.54) is 11.8 Å². The first-order valence-electron chi connectivity index (χ1n) is 10.5. The molecule has 10 heteroatoms. The number of cyclic esters (lactones) is 1. The summed E-state index contributed by atoms with van der Waals surface area (Å²) >= 11 is 0. The molecule has 4 rings (SSSR count). The molecule has 3 amide bonds. The van der Waals surface area contributed by atoms with Crippen molar-refractivity contribution in [2.75, 3.05) is 49.8 Å². The lowest BCUT2D eigenvalue weighted by Crippen LogP contribution is -2.33. The van der Waals surface area contributed by atoms with E-state index >= 15 is 0 Å². The number of nitrogens with one attached hydrogen (secondary N) is 1. The van der Waals surface area contributed by atoms with Gasteiger partial charge in [-0.25, -0.2) is 4.79 Å². The SMILES string of the molecule is COCCOCC(=O)N1c2ccccc2Oc2cc(N3C[C@H](CNC(C)=O)OC3=O)ccc21. The summed E-state index contributed by atoms with van der Waals surface area (Å²) in [6.07, 6.45) is -0.970. The van der Waals surface area contributed by atoms with E-state index in [1.54, 1.807) is 42.3 Å². The number of fused-ring (bicyclic) bond motifs is 2. The number of benzene rings is 2. The van der Waals surface area contributed by atoms with Gasteiger partial charge in [0.2, 0.25) is 5.91 Å². The summed E-state index contributed by atoms with van der Waals surface area (Å²) in [6.45, 7) is 2.49. The molecule has 0 saturated carbocycles. The van der Waals surface area contributed by atoms with E-state index in [1.807, 2.05) is 12.1 Å². The summed E-state index contributed by atoms with van der Waals surface area (Å²) < 4.78 is 21.8. The highest BCUT2D eigenvalue weighted by Crippen LogP contribution is 2.48. The number of para-hydroxylation sites is 2. The highest BCUT2D eigenvalue weighted by molar-refractivity contribution is 6.05. The molecule has 0 unspecified atom stereocenters. The first-order valence-corrected chi connectivity index (χ1v) is 10.5. The molecule has 1 saturated heterocycles. The fourth-order valence-corrected chi connectivity index (χ4v) is 3.64. The highest BCUT2D eigenvalue weighted by Gasteiger charge is 2.34. The van der Waals surface area contributed by atoms with E-state index in [4.69, 9.17) is 18.9 Å². The van der Waals surface area contributed by atoms with Crippen LogP contribution < -0.4 is 19.9 Å². The van der Waals surface area contributed by atoms with Crippen molar-refractivity contribution in [2.24, 2.45) is 0 Å². The highest BCUT2D eigenvalue weighted by atomic mass is 16.6. The Balaban J connectivity index is 1.57. The summed E-state index contributed by atoms with van der Waals surface area (Å²) in [5.41, 5.74) is 1.71. The zero-order chi connectivity index (χ0) is 23.4. The third-order valence-electron chi connectivity index (χ3n) is 5.18. The van der Waals surface area contributed by atoms with Crippen molar-refractivity contribution in [2.45, 2.75) is 13.0 Å². The van der Waals surface area contributed by atoms with Crippen molar-refractivity contribution in [3.8, 4) is 11.5 Å². The van der Waals surface area contributed by atoms with Gasteiger partial charge in [0.15, 0.2) is 11.5 Å². The second kappa shape index (κ2) is 9.88. The molecule has 2 aliphatic heterocycles. The second-order valence-corrected chi connectivity index (χ2v) is 7.55. The number of anilines is 3. The van der Waals surface area contributed by atoms with Gasteiger partial charge in [-0.1, -0.05) is 12.1 Å². The number of hydrogen-bond acceptors (Lipinski definition) is 7. The largest absolute Gasteiger partial charge is 0.453 e. The molecule has 2 heterocycles. The Labute approximate surface area is 190 Å².